The number of aromatic carboxylic acids is 1. The molecule has 2 heterocycles. The summed E-state index contributed by atoms with van der Waals surface area (Å²) in [7, 11) is 0. The van der Waals surface area contributed by atoms with Crippen molar-refractivity contribution in [3.63, 3.8) is 0 Å². The summed E-state index contributed by atoms with van der Waals surface area (Å²) >= 11 is 5.68. The van der Waals surface area contributed by atoms with Gasteiger partial charge in [-0.1, -0.05) is 11.6 Å². The maximum atomic E-state index is 11.2. The Labute approximate surface area is 106 Å². The molecule has 1 aliphatic rings. The van der Waals surface area contributed by atoms with Crippen LogP contribution in [0.4, 0.5) is 5.82 Å². The number of hydrogen-bond acceptors (Lipinski definition) is 5. The van der Waals surface area contributed by atoms with Crippen molar-refractivity contribution in [3.05, 3.63) is 22.8 Å². The van der Waals surface area contributed by atoms with Crippen molar-refractivity contribution in [3.8, 4) is 0 Å². The van der Waals surface area contributed by atoms with Crippen molar-refractivity contribution in [2.45, 2.75) is 0 Å². The summed E-state index contributed by atoms with van der Waals surface area (Å²) < 4.78 is 0. The second-order valence-electron chi connectivity index (χ2n) is 3.63. The third-order valence-electron chi connectivity index (χ3n) is 2.31. The zero-order valence-corrected chi connectivity index (χ0v) is 9.77. The van der Waals surface area contributed by atoms with Gasteiger partial charge >= 0.3 is 5.97 Å². The van der Waals surface area contributed by atoms with Crippen molar-refractivity contribution >= 4 is 35.2 Å². The van der Waals surface area contributed by atoms with E-state index in [0.29, 0.717) is 0 Å². The number of amides is 2. The van der Waals surface area contributed by atoms with Crippen LogP contribution in [0, 0.1) is 0 Å². The monoisotopic (exact) mass is 269 g/mol. The van der Waals surface area contributed by atoms with Crippen molar-refractivity contribution in [2.75, 3.05) is 18.0 Å². The largest absolute Gasteiger partial charge is 0.476 e. The van der Waals surface area contributed by atoms with Gasteiger partial charge in [0.2, 0.25) is 11.8 Å². The SMILES string of the molecule is O=C1CN(c2ccc(Cl)c(C(=O)O)n2)CC(=O)N1. The van der Waals surface area contributed by atoms with Crippen LogP contribution >= 0.6 is 11.6 Å². The maximum absolute atomic E-state index is 11.2. The Hall–Kier alpha value is -2.15. The van der Waals surface area contributed by atoms with Crippen LogP contribution in [-0.4, -0.2) is 41.0 Å². The molecular weight excluding hydrogens is 262 g/mol. The van der Waals surface area contributed by atoms with Crippen LogP contribution in [0.25, 0.3) is 0 Å². The Morgan fingerprint density at radius 2 is 1.94 bits per heavy atom. The number of carbonyl (C=O) groups excluding carboxylic acids is 2. The third kappa shape index (κ3) is 2.40. The zero-order valence-electron chi connectivity index (χ0n) is 9.01. The Morgan fingerprint density at radius 1 is 1.33 bits per heavy atom. The molecule has 1 aromatic heterocycles. The number of halogens is 1. The van der Waals surface area contributed by atoms with Gasteiger partial charge < -0.3 is 10.0 Å². The van der Waals surface area contributed by atoms with Gasteiger partial charge in [-0.05, 0) is 12.1 Å². The first kappa shape index (κ1) is 12.3. The predicted molar refractivity (Wildman–Crippen MR) is 61.6 cm³/mol. The lowest BCUT2D eigenvalue weighted by atomic mass is 10.3. The average Bonchev–Trinajstić information content (AvgIpc) is 2.27. The van der Waals surface area contributed by atoms with Gasteiger partial charge in [-0.15, -0.1) is 0 Å². The van der Waals surface area contributed by atoms with Gasteiger partial charge in [0.05, 0.1) is 18.1 Å². The summed E-state index contributed by atoms with van der Waals surface area (Å²) in [4.78, 5) is 38.5. The summed E-state index contributed by atoms with van der Waals surface area (Å²) in [5, 5.41) is 11.0. The number of carboxylic acids is 1. The van der Waals surface area contributed by atoms with Crippen LogP contribution in [0.2, 0.25) is 5.02 Å². The van der Waals surface area contributed by atoms with Crippen molar-refractivity contribution in [2.24, 2.45) is 0 Å². The third-order valence-corrected chi connectivity index (χ3v) is 2.61. The lowest BCUT2D eigenvalue weighted by Gasteiger charge is -2.26. The van der Waals surface area contributed by atoms with Gasteiger partial charge in [0.25, 0.3) is 0 Å². The molecule has 1 aliphatic heterocycles. The van der Waals surface area contributed by atoms with E-state index in [2.05, 4.69) is 10.3 Å². The second kappa shape index (κ2) is 4.61. The molecule has 7 nitrogen and oxygen atoms in total. The molecule has 0 radical (unpaired) electrons. The predicted octanol–water partition coefficient (Wildman–Crippen LogP) is -0.104. The first-order valence-corrected chi connectivity index (χ1v) is 5.32. The number of anilines is 1. The van der Waals surface area contributed by atoms with Crippen LogP contribution in [-0.2, 0) is 9.59 Å². The maximum Gasteiger partial charge on any atom is 0.356 e. The number of carbonyl (C=O) groups is 3. The van der Waals surface area contributed by atoms with Gasteiger partial charge in [-0.2, -0.15) is 0 Å². The molecule has 2 amide bonds. The Bertz CT molecular complexity index is 530. The number of pyridine rings is 1. The molecule has 18 heavy (non-hydrogen) atoms. The molecule has 94 valence electrons. The molecule has 1 saturated heterocycles. The fraction of sp³-hybridized carbons (Fsp3) is 0.200. The summed E-state index contributed by atoms with van der Waals surface area (Å²) in [6.45, 7) is -0.112. The number of hydrogen-bond donors (Lipinski definition) is 2. The smallest absolute Gasteiger partial charge is 0.356 e. The van der Waals surface area contributed by atoms with Gasteiger partial charge in [0.1, 0.15) is 5.82 Å². The highest BCUT2D eigenvalue weighted by molar-refractivity contribution is 6.33. The second-order valence-corrected chi connectivity index (χ2v) is 4.04. The normalized spacial score (nSPS) is 15.5. The van der Waals surface area contributed by atoms with E-state index in [1.54, 1.807) is 0 Å². The van der Waals surface area contributed by atoms with Gasteiger partial charge in [0.15, 0.2) is 5.69 Å². The van der Waals surface area contributed by atoms with E-state index in [1.807, 2.05) is 0 Å². The number of aromatic nitrogens is 1. The quantitative estimate of drug-likeness (QED) is 0.727. The lowest BCUT2D eigenvalue weighted by Crippen LogP contribution is -2.51. The molecule has 2 N–H and O–H groups in total. The highest BCUT2D eigenvalue weighted by Gasteiger charge is 2.24. The Balaban J connectivity index is 2.33. The molecule has 2 rings (SSSR count). The summed E-state index contributed by atoms with van der Waals surface area (Å²) in [6, 6.07) is 2.82. The zero-order chi connectivity index (χ0) is 13.3. The van der Waals surface area contributed by atoms with Crippen molar-refractivity contribution in [1.29, 1.82) is 0 Å². The number of imide groups is 1. The van der Waals surface area contributed by atoms with E-state index in [0.717, 1.165) is 0 Å². The summed E-state index contributed by atoms with van der Waals surface area (Å²) in [5.74, 6) is -1.96. The van der Waals surface area contributed by atoms with E-state index in [4.69, 9.17) is 16.7 Å². The van der Waals surface area contributed by atoms with Crippen LogP contribution in [0.1, 0.15) is 10.5 Å². The molecule has 8 heteroatoms. The van der Waals surface area contributed by atoms with E-state index in [-0.39, 0.29) is 29.6 Å². The molecule has 0 aliphatic carbocycles. The summed E-state index contributed by atoms with van der Waals surface area (Å²) in [5.41, 5.74) is -0.312. The minimum Gasteiger partial charge on any atom is -0.476 e. The fourth-order valence-corrected chi connectivity index (χ4v) is 1.74. The number of carboxylic acid groups (broad SMARTS) is 1. The Morgan fingerprint density at radius 3 is 2.50 bits per heavy atom. The molecule has 0 unspecified atom stereocenters. The number of nitrogens with one attached hydrogen (secondary N) is 1. The highest BCUT2D eigenvalue weighted by atomic mass is 35.5. The standard InChI is InChI=1S/C10H8ClN3O4/c11-5-1-2-6(12-9(5)10(17)18)14-3-7(15)13-8(16)4-14/h1-2H,3-4H2,(H,17,18)(H,13,15,16). The van der Waals surface area contributed by atoms with Crippen molar-refractivity contribution < 1.29 is 19.5 Å². The molecule has 0 atom stereocenters. The first-order valence-electron chi connectivity index (χ1n) is 4.95. The molecule has 0 aromatic carbocycles. The minimum absolute atomic E-state index is 0.000891. The van der Waals surface area contributed by atoms with Gasteiger partial charge in [-0.25, -0.2) is 9.78 Å². The van der Waals surface area contributed by atoms with Gasteiger partial charge in [0, 0.05) is 0 Å². The minimum atomic E-state index is -1.27. The lowest BCUT2D eigenvalue weighted by molar-refractivity contribution is -0.130. The number of rotatable bonds is 2. The molecule has 0 saturated carbocycles. The van der Waals surface area contributed by atoms with Crippen LogP contribution in [0.5, 0.6) is 0 Å². The topological polar surface area (TPSA) is 99.6 Å². The van der Waals surface area contributed by atoms with Crippen LogP contribution < -0.4 is 10.2 Å². The van der Waals surface area contributed by atoms with E-state index < -0.39 is 17.8 Å². The van der Waals surface area contributed by atoms with E-state index >= 15 is 0 Å². The molecule has 0 spiro atoms. The molecular formula is C10H8ClN3O4. The summed E-state index contributed by atoms with van der Waals surface area (Å²) in [6.07, 6.45) is 0. The first-order chi connectivity index (χ1) is 8.47. The molecule has 1 fully saturated rings. The average molecular weight is 270 g/mol. The highest BCUT2D eigenvalue weighted by Crippen LogP contribution is 2.19. The number of piperazine rings is 1. The fourth-order valence-electron chi connectivity index (χ4n) is 1.56. The molecule has 1 aromatic rings. The van der Waals surface area contributed by atoms with E-state index in [9.17, 15) is 14.4 Å². The van der Waals surface area contributed by atoms with Crippen LogP contribution in [0.15, 0.2) is 12.1 Å². The van der Waals surface area contributed by atoms with Crippen LogP contribution in [0.3, 0.4) is 0 Å². The van der Waals surface area contributed by atoms with E-state index in [1.165, 1.54) is 17.0 Å². The van der Waals surface area contributed by atoms with Gasteiger partial charge in [-0.3, -0.25) is 14.9 Å². The molecule has 0 bridgehead atoms. The number of nitrogens with zero attached hydrogens (tertiary/aromatic N) is 2. The van der Waals surface area contributed by atoms with Crippen molar-refractivity contribution in [1.82, 2.24) is 10.3 Å². The Kier molecular flexibility index (Phi) is 3.15.